The second kappa shape index (κ2) is 22.1. The number of hydrogen-bond donors (Lipinski definition) is 1. The highest BCUT2D eigenvalue weighted by atomic mass is 31.2. The summed E-state index contributed by atoms with van der Waals surface area (Å²) in [7, 11) is -2.97. The quantitative estimate of drug-likeness (QED) is 0.0659. The van der Waals surface area contributed by atoms with Crippen LogP contribution in [-0.4, -0.2) is 133 Å². The van der Waals surface area contributed by atoms with E-state index in [0.29, 0.717) is 30.9 Å². The van der Waals surface area contributed by atoms with Crippen molar-refractivity contribution in [1.82, 2.24) is 25.1 Å². The van der Waals surface area contributed by atoms with Gasteiger partial charge in [0.1, 0.15) is 17.6 Å². The summed E-state index contributed by atoms with van der Waals surface area (Å²) < 4.78 is 47.9. The molecule has 0 saturated carbocycles. The summed E-state index contributed by atoms with van der Waals surface area (Å²) in [5, 5.41) is 2.72. The van der Waals surface area contributed by atoms with Crippen LogP contribution in [0.2, 0.25) is 0 Å². The summed E-state index contributed by atoms with van der Waals surface area (Å²) in [6, 6.07) is 9.01. The number of methoxy groups -OCH3 is 1. The van der Waals surface area contributed by atoms with E-state index in [1.54, 1.807) is 46.9 Å². The molecule has 1 N–H and O–H groups in total. The fraction of sp³-hybridized carbons (Fsp3) is 0.625. The van der Waals surface area contributed by atoms with E-state index in [-0.39, 0.29) is 50.4 Å². The number of anilines is 1. The molecule has 326 valence electrons. The van der Waals surface area contributed by atoms with Crippen molar-refractivity contribution < 1.29 is 56.5 Å². The monoisotopic (exact) mass is 846 g/mol. The van der Waals surface area contributed by atoms with E-state index >= 15 is 0 Å². The number of carbonyl (C=O) groups excluding carboxylic acids is 5. The third kappa shape index (κ3) is 14.0. The van der Waals surface area contributed by atoms with Gasteiger partial charge in [0.15, 0.2) is 5.82 Å². The van der Waals surface area contributed by atoms with Gasteiger partial charge in [0.05, 0.1) is 30.7 Å². The van der Waals surface area contributed by atoms with Crippen molar-refractivity contribution in [3.05, 3.63) is 42.1 Å². The van der Waals surface area contributed by atoms with Gasteiger partial charge in [-0.2, -0.15) is 0 Å². The van der Waals surface area contributed by atoms with Gasteiger partial charge in [-0.05, 0) is 26.7 Å². The molecule has 0 spiro atoms. The molecule has 3 amide bonds. The van der Waals surface area contributed by atoms with Crippen molar-refractivity contribution in [3.63, 3.8) is 0 Å². The molecule has 2 aliphatic heterocycles. The van der Waals surface area contributed by atoms with Crippen LogP contribution in [0.5, 0.6) is 0 Å². The Kier molecular flexibility index (Phi) is 17.6. The second-order valence-corrected chi connectivity index (χ2v) is 17.0. The molecular formula is C40H59N6O12P. The first-order valence-corrected chi connectivity index (χ1v) is 21.9. The fourth-order valence-electron chi connectivity index (χ4n) is 6.13. The minimum absolute atomic E-state index is 0.0402. The zero-order valence-electron chi connectivity index (χ0n) is 35.3. The molecule has 2 fully saturated rings. The third-order valence-corrected chi connectivity index (χ3v) is 11.5. The Morgan fingerprint density at radius 1 is 0.847 bits per heavy atom. The van der Waals surface area contributed by atoms with Gasteiger partial charge < -0.3 is 39.0 Å². The molecule has 59 heavy (non-hydrogen) atoms. The zero-order valence-corrected chi connectivity index (χ0v) is 36.2. The predicted octanol–water partition coefficient (Wildman–Crippen LogP) is 4.86. The van der Waals surface area contributed by atoms with E-state index in [4.69, 9.17) is 33.0 Å². The molecule has 1 aromatic heterocycles. The number of amides is 3. The van der Waals surface area contributed by atoms with Gasteiger partial charge in [0, 0.05) is 58.0 Å². The molecule has 4 rings (SSSR count). The van der Waals surface area contributed by atoms with Crippen molar-refractivity contribution in [3.8, 4) is 11.4 Å². The van der Waals surface area contributed by atoms with Crippen LogP contribution in [0.3, 0.4) is 0 Å². The SMILES string of the molecule is CCCCOC(=O)N1CCN(C(=O)[C@H](CP(=O)(OC(C)OC(=O)C(C)C)OC(C)OC(=O)C(C)C)NC(=O)c2cc(N3CC[C@H](OC)C3)nc(-c3ccccc3)n2)CC1. The largest absolute Gasteiger partial charge is 0.449 e. The lowest BCUT2D eigenvalue weighted by atomic mass is 10.2. The number of nitrogens with one attached hydrogen (secondary N) is 1. The van der Waals surface area contributed by atoms with Crippen LogP contribution in [0, 0.1) is 11.8 Å². The topological polar surface area (TPSA) is 205 Å². The lowest BCUT2D eigenvalue weighted by Crippen LogP contribution is -2.57. The lowest BCUT2D eigenvalue weighted by Gasteiger charge is -2.36. The van der Waals surface area contributed by atoms with Gasteiger partial charge in [-0.15, -0.1) is 0 Å². The molecule has 4 atom stereocenters. The second-order valence-electron chi connectivity index (χ2n) is 15.0. The van der Waals surface area contributed by atoms with Gasteiger partial charge in [0.25, 0.3) is 5.91 Å². The zero-order chi connectivity index (χ0) is 43.3. The Bertz CT molecular complexity index is 1760. The van der Waals surface area contributed by atoms with E-state index in [0.717, 1.165) is 12.8 Å². The standard InChI is InChI=1S/C40H59N6O12P/c1-9-10-22-54-40(51)45-20-18-44(19-21-45)37(48)33(25-59(52,57-28(6)55-38(49)26(2)3)58-29(7)56-39(50)27(4)5)42-36(47)32-23-34(46-17-16-31(24-46)53-8)43-35(41-32)30-14-12-11-13-15-30/h11-15,23,26-29,31,33H,9-10,16-22,24-25H2,1-8H3,(H,42,47)/t28?,29?,31-,33-,59?/m0/s1. The minimum atomic E-state index is -4.61. The number of nitrogens with zero attached hydrogens (tertiary/aromatic N) is 5. The number of unbranched alkanes of at least 4 members (excludes halogenated alkanes) is 1. The number of carbonyl (C=O) groups is 5. The Morgan fingerprint density at radius 2 is 1.44 bits per heavy atom. The van der Waals surface area contributed by atoms with E-state index < -0.39 is 74.1 Å². The van der Waals surface area contributed by atoms with E-state index in [9.17, 15) is 28.5 Å². The van der Waals surface area contributed by atoms with Crippen LogP contribution in [0.25, 0.3) is 11.4 Å². The molecule has 1 aromatic carbocycles. The molecule has 0 radical (unpaired) electrons. The maximum absolute atomic E-state index is 14.8. The Hall–Kier alpha value is -4.64. The molecule has 0 bridgehead atoms. The average molecular weight is 847 g/mol. The van der Waals surface area contributed by atoms with Crippen molar-refractivity contribution >= 4 is 43.3 Å². The Balaban J connectivity index is 1.70. The van der Waals surface area contributed by atoms with Gasteiger partial charge in [0.2, 0.25) is 18.5 Å². The summed E-state index contributed by atoms with van der Waals surface area (Å²) in [6.45, 7) is 12.9. The molecule has 3 heterocycles. The molecule has 2 unspecified atom stereocenters. The van der Waals surface area contributed by atoms with Gasteiger partial charge in [-0.3, -0.25) is 32.8 Å². The number of esters is 2. The molecule has 0 aliphatic carbocycles. The summed E-state index contributed by atoms with van der Waals surface area (Å²) in [6.07, 6.45) is -1.87. The maximum Gasteiger partial charge on any atom is 0.409 e. The van der Waals surface area contributed by atoms with Crippen LogP contribution in [-0.2, 0) is 46.9 Å². The Morgan fingerprint density at radius 3 is 1.98 bits per heavy atom. The summed E-state index contributed by atoms with van der Waals surface area (Å²) in [5.41, 5.74) is 0.563. The molecule has 2 aliphatic rings. The molecular weight excluding hydrogens is 787 g/mol. The highest BCUT2D eigenvalue weighted by Crippen LogP contribution is 2.51. The van der Waals surface area contributed by atoms with Crippen LogP contribution >= 0.6 is 7.60 Å². The van der Waals surface area contributed by atoms with Crippen LogP contribution in [0.4, 0.5) is 10.6 Å². The number of rotatable bonds is 19. The number of piperazine rings is 1. The summed E-state index contributed by atoms with van der Waals surface area (Å²) in [5.74, 6) is -3.15. The smallest absolute Gasteiger partial charge is 0.409 e. The molecule has 18 nitrogen and oxygen atoms in total. The molecule has 19 heteroatoms. The first-order chi connectivity index (χ1) is 28.0. The maximum atomic E-state index is 14.8. The highest BCUT2D eigenvalue weighted by molar-refractivity contribution is 7.54. The number of ether oxygens (including phenoxy) is 4. The van der Waals surface area contributed by atoms with Crippen molar-refractivity contribution in [2.24, 2.45) is 11.8 Å². The van der Waals surface area contributed by atoms with Gasteiger partial charge in [-0.1, -0.05) is 71.4 Å². The fourth-order valence-corrected chi connectivity index (χ4v) is 8.04. The number of aromatic nitrogens is 2. The average Bonchev–Trinajstić information content (AvgIpc) is 3.70. The first-order valence-electron chi connectivity index (χ1n) is 20.1. The first kappa shape index (κ1) is 47.0. The van der Waals surface area contributed by atoms with Crippen LogP contribution < -0.4 is 10.2 Å². The predicted molar refractivity (Wildman–Crippen MR) is 216 cm³/mol. The summed E-state index contributed by atoms with van der Waals surface area (Å²) >= 11 is 0. The van der Waals surface area contributed by atoms with Gasteiger partial charge in [-0.25, -0.2) is 14.8 Å². The van der Waals surface area contributed by atoms with Crippen LogP contribution in [0.15, 0.2) is 36.4 Å². The van der Waals surface area contributed by atoms with E-state index in [1.807, 2.05) is 30.0 Å². The number of benzene rings is 1. The van der Waals surface area contributed by atoms with Gasteiger partial charge >= 0.3 is 25.6 Å². The summed E-state index contributed by atoms with van der Waals surface area (Å²) in [4.78, 5) is 80.7. The van der Waals surface area contributed by atoms with Crippen molar-refractivity contribution in [1.29, 1.82) is 0 Å². The van der Waals surface area contributed by atoms with Crippen LogP contribution in [0.1, 0.15) is 78.2 Å². The molecule has 2 aromatic rings. The van der Waals surface area contributed by atoms with E-state index in [2.05, 4.69) is 10.3 Å². The van der Waals surface area contributed by atoms with Crippen molar-refractivity contribution in [2.45, 2.75) is 92.5 Å². The number of hydrogen-bond acceptors (Lipinski definition) is 15. The lowest BCUT2D eigenvalue weighted by molar-refractivity contribution is -0.171. The van der Waals surface area contributed by atoms with E-state index in [1.165, 1.54) is 29.7 Å². The minimum Gasteiger partial charge on any atom is -0.449 e. The normalized spacial score (nSPS) is 18.2. The highest BCUT2D eigenvalue weighted by Gasteiger charge is 2.41. The Labute approximate surface area is 346 Å². The third-order valence-electron chi connectivity index (χ3n) is 9.49. The molecule has 2 saturated heterocycles. The van der Waals surface area contributed by atoms with Crippen molar-refractivity contribution in [2.75, 3.05) is 64.0 Å².